The number of carbonyl (C=O) groups is 1. The summed E-state index contributed by atoms with van der Waals surface area (Å²) in [6.07, 6.45) is -5.65. The van der Waals surface area contributed by atoms with Crippen LogP contribution in [0, 0.1) is 19.7 Å². The van der Waals surface area contributed by atoms with Crippen LogP contribution in [0.4, 0.5) is 23.2 Å². The third-order valence-electron chi connectivity index (χ3n) is 4.92. The second kappa shape index (κ2) is 8.91. The number of aromatic nitrogens is 4. The van der Waals surface area contributed by atoms with Gasteiger partial charge in [0.1, 0.15) is 28.5 Å². The molecular formula is C21H22ClF4N5O3. The Hall–Kier alpha value is -3.12. The van der Waals surface area contributed by atoms with Crippen molar-refractivity contribution >= 4 is 23.2 Å². The minimum atomic E-state index is -4.75. The summed E-state index contributed by atoms with van der Waals surface area (Å²) in [7, 11) is 0. The molecule has 2 heterocycles. The van der Waals surface area contributed by atoms with Crippen molar-refractivity contribution in [3.8, 4) is 11.4 Å². The third-order valence-corrected chi connectivity index (χ3v) is 5.20. The number of alkyl halides is 3. The SMILES string of the molecule is Cc1cn(-c2cc(O[C@@H](C)C(F)(F)F)c(C(=O)Nc3c(Cl)n[nH]c3C)cc2F)nc1C(C)(C)O. The van der Waals surface area contributed by atoms with Crippen molar-refractivity contribution in [1.29, 1.82) is 0 Å². The largest absolute Gasteiger partial charge is 0.480 e. The molecule has 0 aliphatic heterocycles. The maximum atomic E-state index is 15.1. The van der Waals surface area contributed by atoms with E-state index < -0.39 is 40.9 Å². The summed E-state index contributed by atoms with van der Waals surface area (Å²) < 4.78 is 60.8. The van der Waals surface area contributed by atoms with Crippen LogP contribution < -0.4 is 10.1 Å². The van der Waals surface area contributed by atoms with E-state index in [9.17, 15) is 23.1 Å². The minimum Gasteiger partial charge on any atom is -0.480 e. The predicted molar refractivity (Wildman–Crippen MR) is 116 cm³/mol. The molecule has 0 aliphatic rings. The van der Waals surface area contributed by atoms with E-state index in [2.05, 4.69) is 20.6 Å². The van der Waals surface area contributed by atoms with Crippen LogP contribution in [0.5, 0.6) is 5.75 Å². The summed E-state index contributed by atoms with van der Waals surface area (Å²) in [4.78, 5) is 12.9. The Morgan fingerprint density at radius 3 is 2.44 bits per heavy atom. The van der Waals surface area contributed by atoms with Gasteiger partial charge in [-0.2, -0.15) is 23.4 Å². The van der Waals surface area contributed by atoms with Gasteiger partial charge in [-0.3, -0.25) is 9.89 Å². The number of ether oxygens (including phenoxy) is 1. The lowest BCUT2D eigenvalue weighted by Gasteiger charge is -2.20. The van der Waals surface area contributed by atoms with Crippen LogP contribution in [0.3, 0.4) is 0 Å². The van der Waals surface area contributed by atoms with Gasteiger partial charge in [-0.05, 0) is 46.2 Å². The number of aliphatic hydroxyl groups is 1. The maximum absolute atomic E-state index is 15.1. The number of amides is 1. The first-order valence-corrected chi connectivity index (χ1v) is 10.4. The Morgan fingerprint density at radius 2 is 1.94 bits per heavy atom. The molecule has 3 rings (SSSR count). The summed E-state index contributed by atoms with van der Waals surface area (Å²) in [6, 6.07) is 1.68. The van der Waals surface area contributed by atoms with Crippen molar-refractivity contribution in [2.24, 2.45) is 0 Å². The number of aromatic amines is 1. The number of anilines is 1. The van der Waals surface area contributed by atoms with Crippen LogP contribution in [0.25, 0.3) is 5.69 Å². The molecule has 13 heteroatoms. The molecule has 0 bridgehead atoms. The summed E-state index contributed by atoms with van der Waals surface area (Å²) in [5.41, 5.74) is -0.902. The Bertz CT molecular complexity index is 1210. The number of benzene rings is 1. The van der Waals surface area contributed by atoms with Crippen LogP contribution in [0.2, 0.25) is 5.15 Å². The number of H-pyrrole nitrogens is 1. The summed E-state index contributed by atoms with van der Waals surface area (Å²) >= 11 is 5.91. The normalized spacial score (nSPS) is 13.1. The minimum absolute atomic E-state index is 0.0831. The lowest BCUT2D eigenvalue weighted by atomic mass is 10.0. The molecule has 0 unspecified atom stereocenters. The van der Waals surface area contributed by atoms with Gasteiger partial charge in [-0.25, -0.2) is 9.07 Å². The van der Waals surface area contributed by atoms with Crippen molar-refractivity contribution in [2.45, 2.75) is 52.5 Å². The average Bonchev–Trinajstić information content (AvgIpc) is 3.25. The van der Waals surface area contributed by atoms with Gasteiger partial charge in [0, 0.05) is 12.3 Å². The molecule has 3 aromatic rings. The first-order chi connectivity index (χ1) is 15.6. The molecule has 1 aromatic carbocycles. The first-order valence-electron chi connectivity index (χ1n) is 9.97. The Labute approximate surface area is 196 Å². The van der Waals surface area contributed by atoms with Crippen molar-refractivity contribution in [2.75, 3.05) is 5.32 Å². The fraction of sp³-hybridized carbons (Fsp3) is 0.381. The van der Waals surface area contributed by atoms with Crippen LogP contribution in [0.1, 0.15) is 48.1 Å². The molecule has 0 saturated heterocycles. The van der Waals surface area contributed by atoms with Crippen LogP contribution in [-0.4, -0.2) is 43.3 Å². The molecular weight excluding hydrogens is 482 g/mol. The molecule has 8 nitrogen and oxygen atoms in total. The van der Waals surface area contributed by atoms with Gasteiger partial charge >= 0.3 is 6.18 Å². The molecule has 0 aliphatic carbocycles. The molecule has 184 valence electrons. The van der Waals surface area contributed by atoms with Gasteiger partial charge < -0.3 is 15.2 Å². The summed E-state index contributed by atoms with van der Waals surface area (Å²) in [5, 5.41) is 23.0. The fourth-order valence-corrected chi connectivity index (χ4v) is 3.40. The van der Waals surface area contributed by atoms with Gasteiger partial charge in [0.05, 0.1) is 17.0 Å². The van der Waals surface area contributed by atoms with Crippen molar-refractivity contribution < 1.29 is 32.2 Å². The van der Waals surface area contributed by atoms with E-state index in [-0.39, 0.29) is 22.2 Å². The first kappa shape index (κ1) is 25.5. The molecule has 0 fully saturated rings. The fourth-order valence-electron chi connectivity index (χ4n) is 3.16. The van der Waals surface area contributed by atoms with E-state index >= 15 is 4.39 Å². The lowest BCUT2D eigenvalue weighted by Crippen LogP contribution is -2.32. The number of carbonyl (C=O) groups excluding carboxylic acids is 1. The number of nitrogens with zero attached hydrogens (tertiary/aromatic N) is 3. The van der Waals surface area contributed by atoms with Crippen molar-refractivity contribution in [3.05, 3.63) is 51.8 Å². The number of halogens is 5. The van der Waals surface area contributed by atoms with Gasteiger partial charge in [0.15, 0.2) is 11.3 Å². The molecule has 0 spiro atoms. The molecule has 2 aromatic heterocycles. The van der Waals surface area contributed by atoms with Gasteiger partial charge in [-0.15, -0.1) is 0 Å². The van der Waals surface area contributed by atoms with Gasteiger partial charge in [-0.1, -0.05) is 11.6 Å². The average molecular weight is 504 g/mol. The third kappa shape index (κ3) is 5.17. The highest BCUT2D eigenvalue weighted by Crippen LogP contribution is 2.33. The monoisotopic (exact) mass is 503 g/mol. The highest BCUT2D eigenvalue weighted by molar-refractivity contribution is 6.33. The number of hydrogen-bond donors (Lipinski definition) is 3. The van der Waals surface area contributed by atoms with E-state index in [1.807, 2.05) is 0 Å². The Morgan fingerprint density at radius 1 is 1.29 bits per heavy atom. The number of nitrogens with one attached hydrogen (secondary N) is 2. The lowest BCUT2D eigenvalue weighted by molar-refractivity contribution is -0.189. The zero-order chi connectivity index (χ0) is 25.6. The molecule has 1 amide bonds. The molecule has 0 saturated carbocycles. The highest BCUT2D eigenvalue weighted by atomic mass is 35.5. The van der Waals surface area contributed by atoms with Crippen LogP contribution >= 0.6 is 11.6 Å². The predicted octanol–water partition coefficient (Wildman–Crippen LogP) is 4.81. The molecule has 0 radical (unpaired) electrons. The Balaban J connectivity index is 2.11. The standard InChI is InChI=1S/C21H22ClF4N5O3/c1-9-8-31(30-17(9)20(4,5)33)14-7-15(34-11(3)21(24,25)26)12(6-13(14)23)19(32)27-16-10(2)28-29-18(16)22/h6-8,11,33H,1-5H3,(H,27,32)(H,28,29)/t11-/m0/s1. The number of aryl methyl sites for hydroxylation is 2. The van der Waals surface area contributed by atoms with Gasteiger partial charge in [0.2, 0.25) is 0 Å². The smallest absolute Gasteiger partial charge is 0.425 e. The second-order valence-electron chi connectivity index (χ2n) is 8.23. The number of rotatable bonds is 6. The van der Waals surface area contributed by atoms with E-state index in [4.69, 9.17) is 16.3 Å². The molecule has 1 atom stereocenters. The molecule has 34 heavy (non-hydrogen) atoms. The molecule has 3 N–H and O–H groups in total. The Kier molecular flexibility index (Phi) is 6.68. The van der Waals surface area contributed by atoms with E-state index in [0.29, 0.717) is 11.3 Å². The van der Waals surface area contributed by atoms with E-state index in [1.54, 1.807) is 13.8 Å². The summed E-state index contributed by atoms with van der Waals surface area (Å²) in [5.74, 6) is -2.46. The summed E-state index contributed by atoms with van der Waals surface area (Å²) in [6.45, 7) is 6.92. The quantitative estimate of drug-likeness (QED) is 0.418. The van der Waals surface area contributed by atoms with Crippen molar-refractivity contribution in [1.82, 2.24) is 20.0 Å². The zero-order valence-corrected chi connectivity index (χ0v) is 19.6. The van der Waals surface area contributed by atoms with E-state index in [0.717, 1.165) is 23.7 Å². The van der Waals surface area contributed by atoms with Crippen LogP contribution in [-0.2, 0) is 5.60 Å². The topological polar surface area (TPSA) is 105 Å². The van der Waals surface area contributed by atoms with Crippen molar-refractivity contribution in [3.63, 3.8) is 0 Å². The van der Waals surface area contributed by atoms with Crippen LogP contribution in [0.15, 0.2) is 18.3 Å². The van der Waals surface area contributed by atoms with E-state index in [1.165, 1.54) is 20.0 Å². The number of hydrogen-bond acceptors (Lipinski definition) is 5. The second-order valence-corrected chi connectivity index (χ2v) is 8.59. The maximum Gasteiger partial charge on any atom is 0.425 e. The highest BCUT2D eigenvalue weighted by Gasteiger charge is 2.39. The zero-order valence-electron chi connectivity index (χ0n) is 18.8. The van der Waals surface area contributed by atoms with Gasteiger partial charge in [0.25, 0.3) is 5.91 Å².